The lowest BCUT2D eigenvalue weighted by Crippen LogP contribution is -2.06. The van der Waals surface area contributed by atoms with Crippen molar-refractivity contribution in [2.24, 2.45) is 0 Å². The number of hydrogen-bond acceptors (Lipinski definition) is 6. The second-order valence-corrected chi connectivity index (χ2v) is 7.24. The minimum absolute atomic E-state index is 0.327. The Morgan fingerprint density at radius 3 is 1.88 bits per heavy atom. The summed E-state index contributed by atoms with van der Waals surface area (Å²) < 4.78 is 13.3. The molecule has 0 radical (unpaired) electrons. The summed E-state index contributed by atoms with van der Waals surface area (Å²) in [5.74, 6) is -0.653. The SMILES string of the molecule is CCOC(=O)c1cn(-c2ccccc2)nc1C.CCOC(=O)c1cnn(-c2ccccc2)c1C. The molecule has 2 aromatic carbocycles. The highest BCUT2D eigenvalue weighted by atomic mass is 16.5. The van der Waals surface area contributed by atoms with Gasteiger partial charge in [-0.15, -0.1) is 0 Å². The predicted octanol–water partition coefficient (Wildman–Crippen LogP) is 4.71. The van der Waals surface area contributed by atoms with E-state index in [4.69, 9.17) is 9.47 Å². The molecule has 34 heavy (non-hydrogen) atoms. The van der Waals surface area contributed by atoms with Crippen LogP contribution in [0.15, 0.2) is 73.1 Å². The number of aryl methyl sites for hydroxylation is 1. The molecule has 176 valence electrons. The summed E-state index contributed by atoms with van der Waals surface area (Å²) in [7, 11) is 0. The number of carbonyl (C=O) groups is 2. The topological polar surface area (TPSA) is 88.2 Å². The van der Waals surface area contributed by atoms with E-state index in [-0.39, 0.29) is 11.9 Å². The fraction of sp³-hybridized carbons (Fsp3) is 0.231. The molecule has 0 saturated heterocycles. The van der Waals surface area contributed by atoms with Crippen molar-refractivity contribution in [3.63, 3.8) is 0 Å². The third kappa shape index (κ3) is 5.78. The van der Waals surface area contributed by atoms with Crippen molar-refractivity contribution in [3.05, 3.63) is 95.6 Å². The van der Waals surface area contributed by atoms with Gasteiger partial charge in [-0.05, 0) is 52.0 Å². The number of hydrogen-bond donors (Lipinski definition) is 0. The van der Waals surface area contributed by atoms with Crippen molar-refractivity contribution in [2.45, 2.75) is 27.7 Å². The van der Waals surface area contributed by atoms with E-state index in [1.165, 1.54) is 0 Å². The molecule has 0 unspecified atom stereocenters. The lowest BCUT2D eigenvalue weighted by Gasteiger charge is -2.04. The van der Waals surface area contributed by atoms with Crippen molar-refractivity contribution in [2.75, 3.05) is 13.2 Å². The summed E-state index contributed by atoms with van der Waals surface area (Å²) >= 11 is 0. The number of benzene rings is 2. The van der Waals surface area contributed by atoms with E-state index >= 15 is 0 Å². The molecule has 2 aromatic heterocycles. The maximum atomic E-state index is 11.6. The molecule has 0 N–H and O–H groups in total. The van der Waals surface area contributed by atoms with Gasteiger partial charge in [0, 0.05) is 6.20 Å². The quantitative estimate of drug-likeness (QED) is 0.387. The highest BCUT2D eigenvalue weighted by Crippen LogP contribution is 2.15. The Bertz CT molecular complexity index is 1210. The first-order chi connectivity index (χ1) is 16.5. The highest BCUT2D eigenvalue weighted by molar-refractivity contribution is 5.91. The van der Waals surface area contributed by atoms with Gasteiger partial charge < -0.3 is 9.47 Å². The molecular formula is C26H28N4O4. The third-order valence-electron chi connectivity index (χ3n) is 4.92. The van der Waals surface area contributed by atoms with Crippen molar-refractivity contribution >= 4 is 11.9 Å². The van der Waals surface area contributed by atoms with E-state index < -0.39 is 0 Å². The number of aromatic nitrogens is 4. The molecule has 0 aliphatic heterocycles. The Morgan fingerprint density at radius 2 is 1.32 bits per heavy atom. The van der Waals surface area contributed by atoms with Gasteiger partial charge in [0.2, 0.25) is 0 Å². The molecule has 4 aromatic rings. The molecule has 4 rings (SSSR count). The average Bonchev–Trinajstić information content (AvgIpc) is 3.44. The van der Waals surface area contributed by atoms with Crippen LogP contribution in [-0.2, 0) is 9.47 Å². The maximum Gasteiger partial charge on any atom is 0.341 e. The molecule has 0 saturated carbocycles. The molecular weight excluding hydrogens is 432 g/mol. The molecule has 0 atom stereocenters. The minimum Gasteiger partial charge on any atom is -0.462 e. The highest BCUT2D eigenvalue weighted by Gasteiger charge is 2.16. The molecule has 0 amide bonds. The summed E-state index contributed by atoms with van der Waals surface area (Å²) in [5, 5.41) is 8.51. The molecule has 8 heteroatoms. The predicted molar refractivity (Wildman–Crippen MR) is 129 cm³/mol. The van der Waals surface area contributed by atoms with Gasteiger partial charge >= 0.3 is 11.9 Å². The van der Waals surface area contributed by atoms with E-state index in [1.807, 2.05) is 67.6 Å². The molecule has 0 fully saturated rings. The van der Waals surface area contributed by atoms with Gasteiger partial charge in [0.25, 0.3) is 0 Å². The average molecular weight is 461 g/mol. The first-order valence-corrected chi connectivity index (χ1v) is 11.0. The van der Waals surface area contributed by atoms with Crippen molar-refractivity contribution in [3.8, 4) is 11.4 Å². The zero-order valence-electron chi connectivity index (χ0n) is 19.8. The van der Waals surface area contributed by atoms with E-state index in [0.717, 1.165) is 17.1 Å². The third-order valence-corrected chi connectivity index (χ3v) is 4.92. The van der Waals surface area contributed by atoms with Crippen LogP contribution in [0.4, 0.5) is 0 Å². The zero-order valence-corrected chi connectivity index (χ0v) is 19.8. The van der Waals surface area contributed by atoms with Crippen LogP contribution in [-0.4, -0.2) is 44.7 Å². The van der Waals surface area contributed by atoms with Crippen LogP contribution in [0.1, 0.15) is 46.0 Å². The van der Waals surface area contributed by atoms with Crippen LogP contribution in [0.3, 0.4) is 0 Å². The van der Waals surface area contributed by atoms with E-state index in [0.29, 0.717) is 30.0 Å². The van der Waals surface area contributed by atoms with E-state index in [2.05, 4.69) is 10.2 Å². The molecule has 0 aliphatic carbocycles. The van der Waals surface area contributed by atoms with E-state index in [1.54, 1.807) is 42.5 Å². The first-order valence-electron chi connectivity index (χ1n) is 11.0. The van der Waals surface area contributed by atoms with Crippen LogP contribution < -0.4 is 0 Å². The Labute approximate surface area is 198 Å². The summed E-state index contributed by atoms with van der Waals surface area (Å²) in [6.45, 7) is 7.96. The standard InChI is InChI=1S/2C13H14N2O2/c1-3-17-13(16)12-9-15(14-10(12)2)11-7-5-4-6-8-11;1-3-17-13(16)12-9-14-15(10(12)2)11-7-5-4-6-8-11/h2*4-9H,3H2,1-2H3. The second-order valence-electron chi connectivity index (χ2n) is 7.24. The summed E-state index contributed by atoms with van der Waals surface area (Å²) in [6.07, 6.45) is 3.24. The minimum atomic E-state index is -0.327. The maximum absolute atomic E-state index is 11.6. The Balaban J connectivity index is 0.000000191. The second kappa shape index (κ2) is 11.6. The van der Waals surface area contributed by atoms with Gasteiger partial charge in [0.05, 0.1) is 42.2 Å². The van der Waals surface area contributed by atoms with Crippen LogP contribution >= 0.6 is 0 Å². The summed E-state index contributed by atoms with van der Waals surface area (Å²) in [4.78, 5) is 23.3. The number of rotatable bonds is 6. The fourth-order valence-electron chi connectivity index (χ4n) is 3.23. The van der Waals surface area contributed by atoms with Gasteiger partial charge in [-0.1, -0.05) is 36.4 Å². The number of nitrogens with zero attached hydrogens (tertiary/aromatic N) is 4. The Kier molecular flexibility index (Phi) is 8.34. The number of esters is 2. The largest absolute Gasteiger partial charge is 0.462 e. The Hall–Kier alpha value is -4.20. The van der Waals surface area contributed by atoms with Gasteiger partial charge in [-0.3, -0.25) is 0 Å². The van der Waals surface area contributed by atoms with Crippen LogP contribution in [0.25, 0.3) is 11.4 Å². The number of carbonyl (C=O) groups excluding carboxylic acids is 2. The van der Waals surface area contributed by atoms with Gasteiger partial charge in [0.1, 0.15) is 11.1 Å². The summed E-state index contributed by atoms with van der Waals surface area (Å²) in [6, 6.07) is 19.3. The molecule has 8 nitrogen and oxygen atoms in total. The van der Waals surface area contributed by atoms with Gasteiger partial charge in [-0.25, -0.2) is 19.0 Å². The van der Waals surface area contributed by atoms with E-state index in [9.17, 15) is 9.59 Å². The first kappa shape index (κ1) is 24.4. The number of ether oxygens (including phenoxy) is 2. The van der Waals surface area contributed by atoms with Crippen molar-refractivity contribution in [1.29, 1.82) is 0 Å². The monoisotopic (exact) mass is 460 g/mol. The molecule has 0 bridgehead atoms. The number of para-hydroxylation sites is 2. The van der Waals surface area contributed by atoms with Gasteiger partial charge in [-0.2, -0.15) is 10.2 Å². The molecule has 0 spiro atoms. The van der Waals surface area contributed by atoms with Crippen LogP contribution in [0, 0.1) is 13.8 Å². The van der Waals surface area contributed by atoms with Crippen LogP contribution in [0.5, 0.6) is 0 Å². The van der Waals surface area contributed by atoms with Gasteiger partial charge in [0.15, 0.2) is 0 Å². The molecule has 2 heterocycles. The zero-order chi connectivity index (χ0) is 24.5. The lowest BCUT2D eigenvalue weighted by atomic mass is 10.2. The van der Waals surface area contributed by atoms with Crippen molar-refractivity contribution < 1.29 is 19.1 Å². The Morgan fingerprint density at radius 1 is 0.794 bits per heavy atom. The fourth-order valence-corrected chi connectivity index (χ4v) is 3.23. The lowest BCUT2D eigenvalue weighted by molar-refractivity contribution is 0.0515. The van der Waals surface area contributed by atoms with Crippen molar-refractivity contribution in [1.82, 2.24) is 19.6 Å². The van der Waals surface area contributed by atoms with Crippen LogP contribution in [0.2, 0.25) is 0 Å². The summed E-state index contributed by atoms with van der Waals surface area (Å²) in [5.41, 5.74) is 4.33. The smallest absolute Gasteiger partial charge is 0.341 e. The normalized spacial score (nSPS) is 10.2. The molecule has 0 aliphatic rings.